The number of aliphatic imine (C=N–C) groups is 2. The highest BCUT2D eigenvalue weighted by Crippen LogP contribution is 2.31. The van der Waals surface area contributed by atoms with Crippen molar-refractivity contribution in [2.24, 2.45) is 9.98 Å². The van der Waals surface area contributed by atoms with Gasteiger partial charge in [-0.1, -0.05) is 30.3 Å². The lowest BCUT2D eigenvalue weighted by molar-refractivity contribution is 0.207. The third-order valence-electron chi connectivity index (χ3n) is 5.76. The maximum atomic E-state index is 5.62. The van der Waals surface area contributed by atoms with Gasteiger partial charge in [-0.2, -0.15) is 4.99 Å². The van der Waals surface area contributed by atoms with Gasteiger partial charge in [0.25, 0.3) is 6.02 Å². The minimum atomic E-state index is 0.269. The molecule has 1 saturated heterocycles. The van der Waals surface area contributed by atoms with Crippen molar-refractivity contribution in [1.29, 1.82) is 0 Å². The quantitative estimate of drug-likeness (QED) is 0.827. The summed E-state index contributed by atoms with van der Waals surface area (Å²) in [5, 5.41) is 0. The van der Waals surface area contributed by atoms with Crippen molar-refractivity contribution in [3.05, 3.63) is 60.2 Å². The van der Waals surface area contributed by atoms with Gasteiger partial charge in [-0.05, 0) is 24.3 Å². The predicted molar refractivity (Wildman–Crippen MR) is 113 cm³/mol. The molecule has 6 nitrogen and oxygen atoms in total. The summed E-state index contributed by atoms with van der Waals surface area (Å²) in [5.41, 5.74) is 3.35. The van der Waals surface area contributed by atoms with Crippen LogP contribution >= 0.6 is 0 Å². The zero-order valence-electron chi connectivity index (χ0n) is 16.2. The number of fused-ring (bicyclic) bond motifs is 3. The molecule has 0 saturated carbocycles. The number of hydrogen-bond donors (Lipinski definition) is 0. The van der Waals surface area contributed by atoms with Gasteiger partial charge in [0.2, 0.25) is 0 Å². The summed E-state index contributed by atoms with van der Waals surface area (Å²) in [6, 6.07) is 19.8. The lowest BCUT2D eigenvalue weighted by Gasteiger charge is -2.39. The number of piperazine rings is 1. The molecular formula is C22H25N5O. The molecule has 144 valence electrons. The molecule has 6 heteroatoms. The number of amidine groups is 2. The largest absolute Gasteiger partial charge is 0.468 e. The molecule has 0 bridgehead atoms. The molecule has 28 heavy (non-hydrogen) atoms. The van der Waals surface area contributed by atoms with Gasteiger partial charge in [-0.25, -0.2) is 0 Å². The Hall–Kier alpha value is -2.86. The second kappa shape index (κ2) is 7.28. The molecule has 0 amide bonds. The molecule has 2 aromatic rings. The molecule has 1 atom stereocenters. The Morgan fingerprint density at radius 3 is 2.50 bits per heavy atom. The Kier molecular flexibility index (Phi) is 4.49. The standard InChI is InChI=1S/C22H25N5O/c1-28-22-24-20-10-6-5-9-19(20)21-23-15-18(27(21)22)16-25-11-13-26(14-12-25)17-7-3-2-4-8-17/h2-10,18H,11-16H2,1H3. The van der Waals surface area contributed by atoms with E-state index in [0.29, 0.717) is 6.02 Å². The number of methoxy groups -OCH3 is 1. The summed E-state index contributed by atoms with van der Waals surface area (Å²) in [6.07, 6.45) is 0. The van der Waals surface area contributed by atoms with Crippen molar-refractivity contribution in [3.8, 4) is 0 Å². The summed E-state index contributed by atoms with van der Waals surface area (Å²) < 4.78 is 5.62. The van der Waals surface area contributed by atoms with E-state index in [0.717, 1.165) is 56.4 Å². The molecule has 1 fully saturated rings. The van der Waals surface area contributed by atoms with Gasteiger partial charge in [-0.3, -0.25) is 14.8 Å². The molecule has 2 aromatic carbocycles. The molecule has 3 heterocycles. The van der Waals surface area contributed by atoms with E-state index < -0.39 is 0 Å². The normalized spacial score (nSPS) is 21.7. The van der Waals surface area contributed by atoms with Gasteiger partial charge < -0.3 is 9.64 Å². The van der Waals surface area contributed by atoms with E-state index in [4.69, 9.17) is 14.7 Å². The van der Waals surface area contributed by atoms with Crippen molar-refractivity contribution in [3.63, 3.8) is 0 Å². The number of hydrogen-bond acceptors (Lipinski definition) is 6. The van der Waals surface area contributed by atoms with Gasteiger partial charge >= 0.3 is 0 Å². The third kappa shape index (κ3) is 3.03. The Bertz CT molecular complexity index is 902. The van der Waals surface area contributed by atoms with E-state index in [1.54, 1.807) is 7.11 Å². The van der Waals surface area contributed by atoms with Crippen molar-refractivity contribution < 1.29 is 4.74 Å². The smallest absolute Gasteiger partial charge is 0.298 e. The van der Waals surface area contributed by atoms with E-state index in [1.165, 1.54) is 5.69 Å². The Morgan fingerprint density at radius 2 is 1.71 bits per heavy atom. The summed E-state index contributed by atoms with van der Waals surface area (Å²) in [7, 11) is 1.69. The average molecular weight is 375 g/mol. The van der Waals surface area contributed by atoms with Crippen LogP contribution in [0, 0.1) is 0 Å². The summed E-state index contributed by atoms with van der Waals surface area (Å²) >= 11 is 0. The van der Waals surface area contributed by atoms with Crippen LogP contribution in [0.5, 0.6) is 0 Å². The number of rotatable bonds is 3. The highest BCUT2D eigenvalue weighted by Gasteiger charge is 2.38. The van der Waals surface area contributed by atoms with Crippen molar-refractivity contribution >= 4 is 23.2 Å². The molecule has 0 radical (unpaired) electrons. The van der Waals surface area contributed by atoms with E-state index in [-0.39, 0.29) is 6.04 Å². The maximum Gasteiger partial charge on any atom is 0.298 e. The van der Waals surface area contributed by atoms with Crippen LogP contribution in [0.25, 0.3) is 0 Å². The van der Waals surface area contributed by atoms with Gasteiger partial charge in [0.1, 0.15) is 5.84 Å². The van der Waals surface area contributed by atoms with E-state index in [1.807, 2.05) is 18.2 Å². The first-order chi connectivity index (χ1) is 13.8. The van der Waals surface area contributed by atoms with Crippen molar-refractivity contribution in [1.82, 2.24) is 9.80 Å². The van der Waals surface area contributed by atoms with Crippen LogP contribution in [0.1, 0.15) is 5.56 Å². The van der Waals surface area contributed by atoms with E-state index in [9.17, 15) is 0 Å². The van der Waals surface area contributed by atoms with Crippen molar-refractivity contribution in [2.45, 2.75) is 6.04 Å². The minimum Gasteiger partial charge on any atom is -0.468 e. The topological polar surface area (TPSA) is 43.7 Å². The highest BCUT2D eigenvalue weighted by molar-refractivity contribution is 6.14. The lowest BCUT2D eigenvalue weighted by atomic mass is 10.1. The first-order valence-corrected chi connectivity index (χ1v) is 9.91. The molecule has 0 aromatic heterocycles. The Morgan fingerprint density at radius 1 is 0.964 bits per heavy atom. The van der Waals surface area contributed by atoms with Crippen LogP contribution in [-0.2, 0) is 4.74 Å². The van der Waals surface area contributed by atoms with E-state index in [2.05, 4.69) is 51.1 Å². The van der Waals surface area contributed by atoms with Crippen LogP contribution in [0.4, 0.5) is 11.4 Å². The Balaban J connectivity index is 1.27. The molecule has 3 aliphatic rings. The number of benzene rings is 2. The van der Waals surface area contributed by atoms with Gasteiger partial charge in [0, 0.05) is 44.0 Å². The summed E-state index contributed by atoms with van der Waals surface area (Å²) in [4.78, 5) is 16.8. The maximum absolute atomic E-state index is 5.62. The number of nitrogens with zero attached hydrogens (tertiary/aromatic N) is 5. The minimum absolute atomic E-state index is 0.269. The molecule has 1 unspecified atom stereocenters. The Labute approximate surface area is 165 Å². The summed E-state index contributed by atoms with van der Waals surface area (Å²) in [5.74, 6) is 0.996. The van der Waals surface area contributed by atoms with Gasteiger partial charge in [-0.15, -0.1) is 0 Å². The van der Waals surface area contributed by atoms with Crippen molar-refractivity contribution in [2.75, 3.05) is 51.3 Å². The number of para-hydroxylation sites is 2. The highest BCUT2D eigenvalue weighted by atomic mass is 16.5. The number of anilines is 1. The monoisotopic (exact) mass is 375 g/mol. The molecule has 0 aliphatic carbocycles. The zero-order valence-corrected chi connectivity index (χ0v) is 16.2. The van der Waals surface area contributed by atoms with Crippen LogP contribution in [0.2, 0.25) is 0 Å². The molecular weight excluding hydrogens is 350 g/mol. The number of ether oxygens (including phenoxy) is 1. The van der Waals surface area contributed by atoms with Crippen LogP contribution < -0.4 is 4.90 Å². The molecule has 3 aliphatic heterocycles. The van der Waals surface area contributed by atoms with Crippen LogP contribution in [0.3, 0.4) is 0 Å². The lowest BCUT2D eigenvalue weighted by Crippen LogP contribution is -2.53. The fourth-order valence-electron chi connectivity index (χ4n) is 4.31. The fraction of sp³-hybridized carbons (Fsp3) is 0.364. The summed E-state index contributed by atoms with van der Waals surface area (Å²) in [6.45, 7) is 5.98. The molecule has 0 N–H and O–H groups in total. The van der Waals surface area contributed by atoms with Crippen LogP contribution in [0.15, 0.2) is 64.6 Å². The van der Waals surface area contributed by atoms with Gasteiger partial charge in [0.05, 0.1) is 25.4 Å². The molecule has 0 spiro atoms. The van der Waals surface area contributed by atoms with E-state index >= 15 is 0 Å². The predicted octanol–water partition coefficient (Wildman–Crippen LogP) is 2.59. The first kappa shape index (κ1) is 17.3. The first-order valence-electron chi connectivity index (χ1n) is 9.91. The van der Waals surface area contributed by atoms with Crippen LogP contribution in [-0.4, -0.2) is 74.1 Å². The fourth-order valence-corrected chi connectivity index (χ4v) is 4.31. The second-order valence-electron chi connectivity index (χ2n) is 7.43. The zero-order chi connectivity index (χ0) is 18.9. The van der Waals surface area contributed by atoms with Gasteiger partial charge in [0.15, 0.2) is 0 Å². The SMILES string of the molecule is COC1=Nc2ccccc2C2=NCC(CN3CCN(c4ccccc4)CC3)N12. The molecule has 5 rings (SSSR count). The third-order valence-corrected chi connectivity index (χ3v) is 5.76. The second-order valence-corrected chi connectivity index (χ2v) is 7.43. The average Bonchev–Trinajstić information content (AvgIpc) is 3.18.